The minimum absolute atomic E-state index is 0.178. The van der Waals surface area contributed by atoms with Crippen molar-refractivity contribution in [2.75, 3.05) is 5.73 Å². The summed E-state index contributed by atoms with van der Waals surface area (Å²) in [4.78, 5) is 16.6. The monoisotopic (exact) mass is 286 g/mol. The first-order valence-corrected chi connectivity index (χ1v) is 6.48. The molecule has 21 heavy (non-hydrogen) atoms. The van der Waals surface area contributed by atoms with Crippen LogP contribution in [0.3, 0.4) is 0 Å². The lowest BCUT2D eigenvalue weighted by Gasteiger charge is -2.14. The molecule has 0 saturated heterocycles. The number of nitrogen functional groups attached to an aromatic ring is 1. The van der Waals surface area contributed by atoms with Crippen LogP contribution in [0.4, 0.5) is 5.82 Å². The van der Waals surface area contributed by atoms with Crippen LogP contribution in [0.15, 0.2) is 40.5 Å². The standard InChI is InChI=1S/C14H18N6O/c1-4-20-13(16)10(8(2)18-9(3)15)7-11(14(20)21)12-5-6-17-19-12/h5-7H,3-4,15-16H2,1-2H3,(H,17,19). The molecule has 7 heteroatoms. The van der Waals surface area contributed by atoms with E-state index in [0.717, 1.165) is 0 Å². The molecule has 0 aliphatic rings. The number of nitrogens with one attached hydrogen (secondary N) is 1. The van der Waals surface area contributed by atoms with E-state index in [1.54, 1.807) is 25.3 Å². The molecule has 0 aromatic carbocycles. The second-order valence-electron chi connectivity index (χ2n) is 4.57. The molecule has 2 heterocycles. The Morgan fingerprint density at radius 2 is 2.29 bits per heavy atom. The Labute approximate surface area is 122 Å². The van der Waals surface area contributed by atoms with E-state index in [9.17, 15) is 4.79 Å². The lowest BCUT2D eigenvalue weighted by molar-refractivity contribution is 0.739. The molecular weight excluding hydrogens is 268 g/mol. The van der Waals surface area contributed by atoms with Crippen molar-refractivity contribution in [1.29, 1.82) is 0 Å². The van der Waals surface area contributed by atoms with Crippen molar-refractivity contribution in [2.45, 2.75) is 20.4 Å². The number of aliphatic imine (C=N–C) groups is 1. The molecule has 0 fully saturated rings. The Kier molecular flexibility index (Phi) is 3.93. The van der Waals surface area contributed by atoms with Gasteiger partial charge in [-0.3, -0.25) is 14.5 Å². The molecule has 0 amide bonds. The number of hydrogen-bond acceptors (Lipinski definition) is 5. The first-order chi connectivity index (χ1) is 9.95. The Hall–Kier alpha value is -2.83. The smallest absolute Gasteiger partial charge is 0.261 e. The van der Waals surface area contributed by atoms with Gasteiger partial charge in [0.2, 0.25) is 0 Å². The number of nitrogens with zero attached hydrogens (tertiary/aromatic N) is 3. The number of pyridine rings is 1. The highest BCUT2D eigenvalue weighted by Gasteiger charge is 2.15. The van der Waals surface area contributed by atoms with Crippen LogP contribution in [0.25, 0.3) is 11.3 Å². The van der Waals surface area contributed by atoms with Gasteiger partial charge in [-0.1, -0.05) is 6.58 Å². The molecule has 0 bridgehead atoms. The van der Waals surface area contributed by atoms with Gasteiger partial charge in [-0.2, -0.15) is 5.10 Å². The van der Waals surface area contributed by atoms with E-state index in [2.05, 4.69) is 21.8 Å². The van der Waals surface area contributed by atoms with Crippen LogP contribution in [0.2, 0.25) is 0 Å². The molecule has 0 spiro atoms. The van der Waals surface area contributed by atoms with Gasteiger partial charge in [0.15, 0.2) is 0 Å². The highest BCUT2D eigenvalue weighted by atomic mass is 16.1. The highest BCUT2D eigenvalue weighted by Crippen LogP contribution is 2.19. The maximum Gasteiger partial charge on any atom is 0.261 e. The van der Waals surface area contributed by atoms with E-state index in [1.165, 1.54) is 4.57 Å². The second kappa shape index (κ2) is 5.66. The predicted octanol–water partition coefficient (Wildman–Crippen LogP) is 1.08. The van der Waals surface area contributed by atoms with E-state index in [4.69, 9.17) is 11.5 Å². The van der Waals surface area contributed by atoms with E-state index in [0.29, 0.717) is 34.9 Å². The highest BCUT2D eigenvalue weighted by molar-refractivity contribution is 6.03. The van der Waals surface area contributed by atoms with Crippen molar-refractivity contribution in [2.24, 2.45) is 10.7 Å². The fourth-order valence-corrected chi connectivity index (χ4v) is 2.16. The number of anilines is 1. The summed E-state index contributed by atoms with van der Waals surface area (Å²) in [5.41, 5.74) is 13.8. The van der Waals surface area contributed by atoms with Crippen LogP contribution >= 0.6 is 0 Å². The van der Waals surface area contributed by atoms with Crippen molar-refractivity contribution < 1.29 is 0 Å². The molecule has 2 rings (SSSR count). The third-order valence-electron chi connectivity index (χ3n) is 3.14. The maximum absolute atomic E-state index is 12.5. The summed E-state index contributed by atoms with van der Waals surface area (Å²) in [6.07, 6.45) is 1.59. The minimum Gasteiger partial charge on any atom is -0.384 e. The quantitative estimate of drug-likeness (QED) is 0.729. The first kappa shape index (κ1) is 14.6. The summed E-state index contributed by atoms with van der Waals surface area (Å²) < 4.78 is 1.49. The largest absolute Gasteiger partial charge is 0.384 e. The van der Waals surface area contributed by atoms with Crippen LogP contribution in [-0.4, -0.2) is 20.5 Å². The van der Waals surface area contributed by atoms with Crippen molar-refractivity contribution in [3.05, 3.63) is 46.6 Å². The second-order valence-corrected chi connectivity index (χ2v) is 4.57. The molecule has 0 aliphatic carbocycles. The summed E-state index contributed by atoms with van der Waals surface area (Å²) in [5, 5.41) is 6.66. The molecular formula is C14H18N6O. The van der Waals surface area contributed by atoms with Gasteiger partial charge < -0.3 is 11.5 Å². The number of hydrogen-bond donors (Lipinski definition) is 3. The number of H-pyrrole nitrogens is 1. The Balaban J connectivity index is 2.75. The molecule has 7 nitrogen and oxygen atoms in total. The Bertz CT molecular complexity index is 755. The summed E-state index contributed by atoms with van der Waals surface area (Å²) in [5.74, 6) is 0.539. The van der Waals surface area contributed by atoms with Gasteiger partial charge in [-0.05, 0) is 26.0 Å². The average Bonchev–Trinajstić information content (AvgIpc) is 2.92. The molecule has 0 unspecified atom stereocenters. The molecule has 5 N–H and O–H groups in total. The lowest BCUT2D eigenvalue weighted by Crippen LogP contribution is -2.26. The van der Waals surface area contributed by atoms with Gasteiger partial charge in [0.05, 0.1) is 17.0 Å². The fourth-order valence-electron chi connectivity index (χ4n) is 2.16. The van der Waals surface area contributed by atoms with Crippen molar-refractivity contribution in [3.8, 4) is 11.3 Å². The third-order valence-corrected chi connectivity index (χ3v) is 3.14. The molecule has 2 aromatic rings. The van der Waals surface area contributed by atoms with Gasteiger partial charge in [0.1, 0.15) is 11.6 Å². The SMILES string of the molecule is C=C(N)N=C(C)c1cc(-c2ccn[nH]2)c(=O)n(CC)c1N. The zero-order chi connectivity index (χ0) is 15.6. The Morgan fingerprint density at radius 3 is 2.81 bits per heavy atom. The molecule has 110 valence electrons. The van der Waals surface area contributed by atoms with Gasteiger partial charge in [-0.25, -0.2) is 4.99 Å². The number of aromatic nitrogens is 3. The zero-order valence-electron chi connectivity index (χ0n) is 12.1. The Morgan fingerprint density at radius 1 is 1.57 bits per heavy atom. The van der Waals surface area contributed by atoms with Crippen LogP contribution in [-0.2, 0) is 6.54 Å². The molecule has 0 aliphatic heterocycles. The van der Waals surface area contributed by atoms with Crippen LogP contribution in [0.1, 0.15) is 19.4 Å². The third kappa shape index (κ3) is 2.71. The summed E-state index contributed by atoms with van der Waals surface area (Å²) in [7, 11) is 0. The lowest BCUT2D eigenvalue weighted by atomic mass is 10.1. The van der Waals surface area contributed by atoms with E-state index < -0.39 is 0 Å². The van der Waals surface area contributed by atoms with Crippen LogP contribution < -0.4 is 17.0 Å². The molecule has 0 saturated carbocycles. The summed E-state index contributed by atoms with van der Waals surface area (Å²) >= 11 is 0. The summed E-state index contributed by atoms with van der Waals surface area (Å²) in [6, 6.07) is 3.42. The van der Waals surface area contributed by atoms with Gasteiger partial charge in [-0.15, -0.1) is 0 Å². The first-order valence-electron chi connectivity index (χ1n) is 6.48. The number of rotatable bonds is 4. The maximum atomic E-state index is 12.5. The van der Waals surface area contributed by atoms with E-state index in [-0.39, 0.29) is 11.4 Å². The van der Waals surface area contributed by atoms with E-state index in [1.807, 2.05) is 6.92 Å². The molecule has 0 atom stereocenters. The summed E-state index contributed by atoms with van der Waals surface area (Å²) in [6.45, 7) is 7.62. The van der Waals surface area contributed by atoms with Crippen LogP contribution in [0.5, 0.6) is 0 Å². The fraction of sp³-hybridized carbons (Fsp3) is 0.214. The van der Waals surface area contributed by atoms with Crippen molar-refractivity contribution in [3.63, 3.8) is 0 Å². The van der Waals surface area contributed by atoms with Crippen molar-refractivity contribution >= 4 is 11.5 Å². The molecule has 0 radical (unpaired) electrons. The number of aromatic amines is 1. The minimum atomic E-state index is -0.178. The average molecular weight is 286 g/mol. The van der Waals surface area contributed by atoms with E-state index >= 15 is 0 Å². The number of nitrogens with two attached hydrogens (primary N) is 2. The van der Waals surface area contributed by atoms with Gasteiger partial charge in [0.25, 0.3) is 5.56 Å². The normalized spacial score (nSPS) is 11.6. The van der Waals surface area contributed by atoms with Gasteiger partial charge >= 0.3 is 0 Å². The topological polar surface area (TPSA) is 115 Å². The zero-order valence-corrected chi connectivity index (χ0v) is 12.1. The van der Waals surface area contributed by atoms with Crippen molar-refractivity contribution in [1.82, 2.24) is 14.8 Å². The molecule has 2 aromatic heterocycles. The van der Waals surface area contributed by atoms with Gasteiger partial charge in [0, 0.05) is 18.3 Å². The predicted molar refractivity (Wildman–Crippen MR) is 83.9 cm³/mol. The van der Waals surface area contributed by atoms with Crippen LogP contribution in [0, 0.1) is 0 Å².